The fourth-order valence-corrected chi connectivity index (χ4v) is 6.41. The van der Waals surface area contributed by atoms with Crippen molar-refractivity contribution in [3.8, 4) is 11.4 Å². The van der Waals surface area contributed by atoms with Crippen molar-refractivity contribution in [2.45, 2.75) is 50.7 Å². The molecule has 43 heavy (non-hydrogen) atoms. The van der Waals surface area contributed by atoms with E-state index < -0.39 is 0 Å². The van der Waals surface area contributed by atoms with Gasteiger partial charge in [-0.25, -0.2) is 0 Å². The molecule has 1 fully saturated rings. The summed E-state index contributed by atoms with van der Waals surface area (Å²) in [5.74, 6) is 2.55. The molecule has 9 heteroatoms. The Labute approximate surface area is 258 Å². The average molecular weight is 598 g/mol. The summed E-state index contributed by atoms with van der Waals surface area (Å²) in [6.45, 7) is 5.74. The lowest BCUT2D eigenvalue weighted by Gasteiger charge is -2.40. The lowest BCUT2D eigenvalue weighted by atomic mass is 10.1. The molecular formula is C34H39N5O3S. The third-order valence-electron chi connectivity index (χ3n) is 7.84. The fraction of sp³-hybridized carbons (Fsp3) is 0.353. The number of ether oxygens (including phenoxy) is 1. The van der Waals surface area contributed by atoms with Gasteiger partial charge >= 0.3 is 0 Å². The Balaban J connectivity index is 1.12. The van der Waals surface area contributed by atoms with Gasteiger partial charge in [-0.1, -0.05) is 66.4 Å². The molecule has 2 heterocycles. The number of methoxy groups -OCH3 is 1. The number of thioether (sulfide) groups is 1. The monoisotopic (exact) mass is 597 g/mol. The molecule has 4 aromatic rings. The SMILES string of the molecule is COc1cccc(C(=O)N2CCN(C(=O)CCCCSc3nnc(Cc4ccccc4)n3-c3ccccc3C)CC2C)c1. The fourth-order valence-electron chi connectivity index (χ4n) is 5.45. The number of carbonyl (C=O) groups is 2. The van der Waals surface area contributed by atoms with Gasteiger partial charge in [0.25, 0.3) is 5.91 Å². The van der Waals surface area contributed by atoms with Crippen LogP contribution >= 0.6 is 11.8 Å². The largest absolute Gasteiger partial charge is 0.497 e. The third-order valence-corrected chi connectivity index (χ3v) is 8.85. The standard InChI is InChI=1S/C34H39N5O3S/c1-25-12-7-8-17-30(25)39-31(22-27-13-5-4-6-14-27)35-36-34(39)43-21-10-9-18-32(40)37-19-20-38(26(2)24-37)33(41)28-15-11-16-29(23-28)42-3/h4-8,11-17,23,26H,9-10,18-22,24H2,1-3H3. The van der Waals surface area contributed by atoms with Crippen LogP contribution in [-0.4, -0.2) is 74.9 Å². The van der Waals surface area contributed by atoms with Gasteiger partial charge in [0.1, 0.15) is 11.6 Å². The van der Waals surface area contributed by atoms with Crippen molar-refractivity contribution in [2.75, 3.05) is 32.5 Å². The Hall–Kier alpha value is -4.11. The first-order valence-electron chi connectivity index (χ1n) is 14.8. The summed E-state index contributed by atoms with van der Waals surface area (Å²) in [7, 11) is 1.59. The van der Waals surface area contributed by atoms with Crippen LogP contribution in [-0.2, 0) is 11.2 Å². The highest BCUT2D eigenvalue weighted by atomic mass is 32.2. The van der Waals surface area contributed by atoms with Gasteiger partial charge in [-0.05, 0) is 62.1 Å². The molecule has 1 atom stereocenters. The van der Waals surface area contributed by atoms with Crippen molar-refractivity contribution in [3.63, 3.8) is 0 Å². The van der Waals surface area contributed by atoms with Crippen LogP contribution in [0.2, 0.25) is 0 Å². The van der Waals surface area contributed by atoms with E-state index in [0.29, 0.717) is 43.8 Å². The maximum Gasteiger partial charge on any atom is 0.254 e. The van der Waals surface area contributed by atoms with Gasteiger partial charge < -0.3 is 14.5 Å². The van der Waals surface area contributed by atoms with Crippen molar-refractivity contribution in [1.82, 2.24) is 24.6 Å². The third kappa shape index (κ3) is 7.46. The van der Waals surface area contributed by atoms with Gasteiger partial charge in [0.15, 0.2) is 5.16 Å². The van der Waals surface area contributed by atoms with Crippen LogP contribution in [0.1, 0.15) is 53.5 Å². The van der Waals surface area contributed by atoms with E-state index in [0.717, 1.165) is 35.3 Å². The molecule has 0 spiro atoms. The maximum atomic E-state index is 13.1. The molecular weight excluding hydrogens is 558 g/mol. The van der Waals surface area contributed by atoms with E-state index in [4.69, 9.17) is 4.74 Å². The second-order valence-electron chi connectivity index (χ2n) is 10.9. The lowest BCUT2D eigenvalue weighted by molar-refractivity contribution is -0.133. The number of benzene rings is 3. The number of aryl methyl sites for hydroxylation is 1. The zero-order valence-corrected chi connectivity index (χ0v) is 25.9. The maximum absolute atomic E-state index is 13.1. The Bertz CT molecular complexity index is 1540. The summed E-state index contributed by atoms with van der Waals surface area (Å²) in [5.41, 5.74) is 4.06. The minimum Gasteiger partial charge on any atom is -0.497 e. The second-order valence-corrected chi connectivity index (χ2v) is 12.0. The van der Waals surface area contributed by atoms with E-state index in [1.165, 1.54) is 11.1 Å². The zero-order chi connectivity index (χ0) is 30.2. The summed E-state index contributed by atoms with van der Waals surface area (Å²) in [5, 5.41) is 10.00. The summed E-state index contributed by atoms with van der Waals surface area (Å²) in [6, 6.07) is 25.8. The summed E-state index contributed by atoms with van der Waals surface area (Å²) in [6.07, 6.45) is 2.91. The zero-order valence-electron chi connectivity index (χ0n) is 25.1. The van der Waals surface area contributed by atoms with E-state index in [2.05, 4.69) is 46.0 Å². The normalized spacial score (nSPS) is 15.0. The van der Waals surface area contributed by atoms with E-state index in [1.807, 2.05) is 59.2 Å². The predicted molar refractivity (Wildman–Crippen MR) is 170 cm³/mol. The van der Waals surface area contributed by atoms with E-state index >= 15 is 0 Å². The number of amides is 2. The summed E-state index contributed by atoms with van der Waals surface area (Å²) < 4.78 is 7.44. The Kier molecular flexibility index (Phi) is 10.1. The van der Waals surface area contributed by atoms with Crippen LogP contribution in [0.4, 0.5) is 0 Å². The van der Waals surface area contributed by atoms with Crippen molar-refractivity contribution >= 4 is 23.6 Å². The van der Waals surface area contributed by atoms with E-state index in [1.54, 1.807) is 31.0 Å². The Morgan fingerprint density at radius 1 is 0.953 bits per heavy atom. The average Bonchev–Trinajstić information content (AvgIpc) is 3.42. The van der Waals surface area contributed by atoms with Gasteiger partial charge in [-0.3, -0.25) is 14.2 Å². The molecule has 224 valence electrons. The molecule has 5 rings (SSSR count). The Morgan fingerprint density at radius 2 is 1.74 bits per heavy atom. The molecule has 1 aliphatic heterocycles. The molecule has 0 N–H and O–H groups in total. The van der Waals surface area contributed by atoms with Crippen LogP contribution in [0.5, 0.6) is 5.75 Å². The topological polar surface area (TPSA) is 80.6 Å². The number of hydrogen-bond donors (Lipinski definition) is 0. The van der Waals surface area contributed by atoms with Crippen LogP contribution in [0.3, 0.4) is 0 Å². The number of hydrogen-bond acceptors (Lipinski definition) is 6. The van der Waals surface area contributed by atoms with E-state index in [9.17, 15) is 9.59 Å². The highest BCUT2D eigenvalue weighted by Gasteiger charge is 2.30. The molecule has 8 nitrogen and oxygen atoms in total. The van der Waals surface area contributed by atoms with Crippen LogP contribution < -0.4 is 4.74 Å². The quantitative estimate of drug-likeness (QED) is 0.160. The molecule has 0 saturated carbocycles. The Morgan fingerprint density at radius 3 is 2.51 bits per heavy atom. The minimum absolute atomic E-state index is 0.0269. The molecule has 2 amide bonds. The molecule has 1 unspecified atom stereocenters. The number of nitrogens with zero attached hydrogens (tertiary/aromatic N) is 5. The lowest BCUT2D eigenvalue weighted by Crippen LogP contribution is -2.55. The number of para-hydroxylation sites is 1. The van der Waals surface area contributed by atoms with Crippen molar-refractivity contribution in [1.29, 1.82) is 0 Å². The van der Waals surface area contributed by atoms with Gasteiger partial charge in [0.05, 0.1) is 12.8 Å². The van der Waals surface area contributed by atoms with Gasteiger partial charge in [0, 0.05) is 49.8 Å². The molecule has 0 radical (unpaired) electrons. The first kappa shape index (κ1) is 30.4. The number of rotatable bonds is 11. The van der Waals surface area contributed by atoms with E-state index in [-0.39, 0.29) is 17.9 Å². The van der Waals surface area contributed by atoms with Gasteiger partial charge in [-0.15, -0.1) is 10.2 Å². The molecule has 1 aliphatic rings. The molecule has 3 aromatic carbocycles. The van der Waals surface area contributed by atoms with Gasteiger partial charge in [0.2, 0.25) is 5.91 Å². The molecule has 1 saturated heterocycles. The number of unbranched alkanes of at least 4 members (excludes halogenated alkanes) is 1. The van der Waals surface area contributed by atoms with Crippen LogP contribution in [0.25, 0.3) is 5.69 Å². The highest BCUT2D eigenvalue weighted by Crippen LogP contribution is 2.26. The smallest absolute Gasteiger partial charge is 0.254 e. The van der Waals surface area contributed by atoms with Crippen molar-refractivity contribution in [2.24, 2.45) is 0 Å². The number of carbonyl (C=O) groups excluding carboxylic acids is 2. The second kappa shape index (κ2) is 14.4. The van der Waals surface area contributed by atoms with Crippen LogP contribution in [0, 0.1) is 6.92 Å². The van der Waals surface area contributed by atoms with Crippen molar-refractivity contribution < 1.29 is 14.3 Å². The summed E-state index contributed by atoms with van der Waals surface area (Å²) >= 11 is 1.68. The van der Waals surface area contributed by atoms with Gasteiger partial charge in [-0.2, -0.15) is 0 Å². The number of piperazine rings is 1. The first-order valence-corrected chi connectivity index (χ1v) is 15.8. The predicted octanol–water partition coefficient (Wildman–Crippen LogP) is 5.81. The first-order chi connectivity index (χ1) is 20.9. The molecule has 1 aromatic heterocycles. The number of aromatic nitrogens is 3. The highest BCUT2D eigenvalue weighted by molar-refractivity contribution is 7.99. The van der Waals surface area contributed by atoms with Crippen LogP contribution in [0.15, 0.2) is 84.0 Å². The minimum atomic E-state index is -0.0511. The molecule has 0 aliphatic carbocycles. The van der Waals surface area contributed by atoms with Crippen molar-refractivity contribution in [3.05, 3.63) is 101 Å². The molecule has 0 bridgehead atoms. The summed E-state index contributed by atoms with van der Waals surface area (Å²) in [4.78, 5) is 29.9.